The summed E-state index contributed by atoms with van der Waals surface area (Å²) < 4.78 is 7.33. The first kappa shape index (κ1) is 23.3. The molecule has 4 aromatic rings. The highest BCUT2D eigenvalue weighted by Gasteiger charge is 2.26. The van der Waals surface area contributed by atoms with Crippen molar-refractivity contribution < 1.29 is 9.53 Å². The number of aromatic amines is 1. The molecule has 0 saturated carbocycles. The average molecular weight is 476 g/mol. The minimum atomic E-state index is 0.203. The Labute approximate surface area is 205 Å². The van der Waals surface area contributed by atoms with E-state index < -0.39 is 0 Å². The number of ether oxygens (including phenoxy) is 1. The lowest BCUT2D eigenvalue weighted by Gasteiger charge is -2.32. The summed E-state index contributed by atoms with van der Waals surface area (Å²) in [6, 6.07) is 6.28. The van der Waals surface area contributed by atoms with Crippen LogP contribution in [0.25, 0.3) is 27.9 Å². The van der Waals surface area contributed by atoms with Crippen LogP contribution >= 0.6 is 0 Å². The molecular weight excluding hydrogens is 442 g/mol. The first-order valence-corrected chi connectivity index (χ1v) is 12.2. The van der Waals surface area contributed by atoms with Gasteiger partial charge in [0.15, 0.2) is 11.4 Å². The van der Waals surface area contributed by atoms with E-state index in [0.717, 1.165) is 53.9 Å². The minimum absolute atomic E-state index is 0.203. The van der Waals surface area contributed by atoms with Crippen LogP contribution in [0.2, 0.25) is 0 Å². The fraction of sp³-hybridized carbons (Fsp3) is 0.462. The van der Waals surface area contributed by atoms with E-state index in [-0.39, 0.29) is 11.8 Å². The molecule has 9 nitrogen and oxygen atoms in total. The molecule has 35 heavy (non-hydrogen) atoms. The Bertz CT molecular complexity index is 1360. The van der Waals surface area contributed by atoms with Crippen molar-refractivity contribution in [3.05, 3.63) is 42.0 Å². The number of carbonyl (C=O) groups excluding carboxylic acids is 1. The second-order valence-electron chi connectivity index (χ2n) is 9.92. The molecule has 0 bridgehead atoms. The molecule has 1 saturated heterocycles. The van der Waals surface area contributed by atoms with Crippen LogP contribution in [0.4, 0.5) is 0 Å². The number of fused-ring (bicyclic) bond motifs is 2. The largest absolute Gasteiger partial charge is 0.493 e. The van der Waals surface area contributed by atoms with E-state index in [9.17, 15) is 4.79 Å². The number of likely N-dealkylation sites (tertiary alicyclic amines) is 1. The number of hydrogen-bond donors (Lipinski definition) is 1. The van der Waals surface area contributed by atoms with Gasteiger partial charge < -0.3 is 19.5 Å². The highest BCUT2D eigenvalue weighted by atomic mass is 16.5. The number of hydrogen-bond acceptors (Lipinski definition) is 6. The molecule has 0 spiro atoms. The SMILES string of the molecule is COc1cc(-c2[nH]c3ccc(C4CCN(C(=O)CN(C)C)CC4)nc3c2C(C)C)cn2ncnc12. The Balaban J connectivity index is 1.48. The molecule has 1 aliphatic heterocycles. The van der Waals surface area contributed by atoms with Gasteiger partial charge in [0.05, 0.1) is 30.4 Å². The third-order valence-electron chi connectivity index (χ3n) is 6.85. The van der Waals surface area contributed by atoms with Gasteiger partial charge >= 0.3 is 0 Å². The van der Waals surface area contributed by atoms with Crippen LogP contribution < -0.4 is 4.74 Å². The molecule has 0 aromatic carbocycles. The fourth-order valence-corrected chi connectivity index (χ4v) is 5.10. The Morgan fingerprint density at radius 3 is 2.71 bits per heavy atom. The van der Waals surface area contributed by atoms with Gasteiger partial charge in [0.1, 0.15) is 6.33 Å². The Hall–Kier alpha value is -3.46. The first-order valence-electron chi connectivity index (χ1n) is 12.2. The maximum atomic E-state index is 12.4. The minimum Gasteiger partial charge on any atom is -0.493 e. The number of pyridine rings is 2. The number of rotatable bonds is 6. The molecule has 0 aliphatic carbocycles. The highest BCUT2D eigenvalue weighted by Crippen LogP contribution is 2.37. The van der Waals surface area contributed by atoms with Crippen LogP contribution in [-0.2, 0) is 4.79 Å². The van der Waals surface area contributed by atoms with Crippen LogP contribution in [-0.4, -0.2) is 81.1 Å². The van der Waals surface area contributed by atoms with Crippen molar-refractivity contribution in [2.24, 2.45) is 0 Å². The molecule has 9 heteroatoms. The number of H-pyrrole nitrogens is 1. The van der Waals surface area contributed by atoms with Crippen LogP contribution in [0.1, 0.15) is 49.8 Å². The van der Waals surface area contributed by atoms with Gasteiger partial charge in [-0.15, -0.1) is 0 Å². The van der Waals surface area contributed by atoms with Crippen LogP contribution in [0, 0.1) is 0 Å². The third-order valence-corrected chi connectivity index (χ3v) is 6.85. The molecule has 5 rings (SSSR count). The van der Waals surface area contributed by atoms with E-state index >= 15 is 0 Å². The van der Waals surface area contributed by atoms with Crippen LogP contribution in [0.15, 0.2) is 30.7 Å². The van der Waals surface area contributed by atoms with Gasteiger partial charge in [0, 0.05) is 42.0 Å². The molecule has 184 valence electrons. The van der Waals surface area contributed by atoms with E-state index in [1.807, 2.05) is 36.2 Å². The summed E-state index contributed by atoms with van der Waals surface area (Å²) in [4.78, 5) is 29.4. The highest BCUT2D eigenvalue weighted by molar-refractivity contribution is 5.89. The molecule has 4 aromatic heterocycles. The molecule has 5 heterocycles. The smallest absolute Gasteiger partial charge is 0.236 e. The molecule has 0 atom stereocenters. The topological polar surface area (TPSA) is 91.7 Å². The second-order valence-corrected chi connectivity index (χ2v) is 9.92. The van der Waals surface area contributed by atoms with Crippen molar-refractivity contribution in [1.82, 2.24) is 34.4 Å². The monoisotopic (exact) mass is 475 g/mol. The lowest BCUT2D eigenvalue weighted by molar-refractivity contribution is -0.132. The standard InChI is InChI=1S/C26H33N7O2/c1-16(2)23-24(18-12-21(35-5)26-27-15-28-33(26)13-18)30-20-7-6-19(29-25(20)23)17-8-10-32(11-9-17)22(34)14-31(3)4/h6-7,12-13,15-17,30H,8-11,14H2,1-5H3. The normalized spacial score (nSPS) is 15.1. The van der Waals surface area contributed by atoms with Gasteiger partial charge in [0.25, 0.3) is 0 Å². The van der Waals surface area contributed by atoms with E-state index in [1.165, 1.54) is 11.9 Å². The number of likely N-dealkylation sites (N-methyl/N-ethyl adjacent to an activating group) is 1. The summed E-state index contributed by atoms with van der Waals surface area (Å²) in [6.45, 7) is 6.42. The summed E-state index contributed by atoms with van der Waals surface area (Å²) in [5.74, 6) is 1.50. The predicted molar refractivity (Wildman–Crippen MR) is 136 cm³/mol. The first-order chi connectivity index (χ1) is 16.9. The zero-order valence-electron chi connectivity index (χ0n) is 21.1. The molecular formula is C26H33N7O2. The number of nitrogens with one attached hydrogen (secondary N) is 1. The quantitative estimate of drug-likeness (QED) is 0.458. The number of carbonyl (C=O) groups is 1. The number of nitrogens with zero attached hydrogens (tertiary/aromatic N) is 6. The van der Waals surface area contributed by atoms with E-state index in [4.69, 9.17) is 9.72 Å². The van der Waals surface area contributed by atoms with Gasteiger partial charge in [-0.3, -0.25) is 9.78 Å². The second kappa shape index (κ2) is 9.30. The molecule has 1 fully saturated rings. The number of piperidine rings is 1. The van der Waals surface area contributed by atoms with E-state index in [1.54, 1.807) is 11.6 Å². The van der Waals surface area contributed by atoms with Gasteiger partial charge in [-0.1, -0.05) is 13.8 Å². The molecule has 0 unspecified atom stereocenters. The van der Waals surface area contributed by atoms with Crippen LogP contribution in [0.3, 0.4) is 0 Å². The van der Waals surface area contributed by atoms with Crippen molar-refractivity contribution in [3.8, 4) is 17.0 Å². The van der Waals surface area contributed by atoms with Crippen molar-refractivity contribution in [2.45, 2.75) is 38.5 Å². The molecule has 1 N–H and O–H groups in total. The number of aromatic nitrogens is 5. The fourth-order valence-electron chi connectivity index (χ4n) is 5.10. The maximum Gasteiger partial charge on any atom is 0.236 e. The summed E-state index contributed by atoms with van der Waals surface area (Å²) in [5, 5.41) is 4.32. The summed E-state index contributed by atoms with van der Waals surface area (Å²) >= 11 is 0. The zero-order valence-corrected chi connectivity index (χ0v) is 21.1. The Morgan fingerprint density at radius 2 is 2.03 bits per heavy atom. The van der Waals surface area contributed by atoms with Crippen LogP contribution in [0.5, 0.6) is 5.75 Å². The number of amides is 1. The average Bonchev–Trinajstić information content (AvgIpc) is 3.47. The zero-order chi connectivity index (χ0) is 24.7. The lowest BCUT2D eigenvalue weighted by atomic mass is 9.92. The van der Waals surface area contributed by atoms with Crippen molar-refractivity contribution in [1.29, 1.82) is 0 Å². The molecule has 1 aliphatic rings. The Morgan fingerprint density at radius 1 is 1.26 bits per heavy atom. The maximum absolute atomic E-state index is 12.4. The Kier molecular flexibility index (Phi) is 6.19. The summed E-state index contributed by atoms with van der Waals surface area (Å²) in [7, 11) is 5.51. The lowest BCUT2D eigenvalue weighted by Crippen LogP contribution is -2.42. The van der Waals surface area contributed by atoms with Gasteiger partial charge in [-0.05, 0) is 51.1 Å². The predicted octanol–water partition coefficient (Wildman–Crippen LogP) is 3.67. The van der Waals surface area contributed by atoms with E-state index in [0.29, 0.717) is 23.9 Å². The molecule has 1 amide bonds. The summed E-state index contributed by atoms with van der Waals surface area (Å²) in [6.07, 6.45) is 5.38. The van der Waals surface area contributed by atoms with Crippen molar-refractivity contribution in [3.63, 3.8) is 0 Å². The van der Waals surface area contributed by atoms with E-state index in [2.05, 4.69) is 41.0 Å². The van der Waals surface area contributed by atoms with Gasteiger partial charge in [0.2, 0.25) is 5.91 Å². The summed E-state index contributed by atoms with van der Waals surface area (Å²) in [5.41, 5.74) is 7.01. The number of methoxy groups -OCH3 is 1. The van der Waals surface area contributed by atoms with Crippen molar-refractivity contribution >= 4 is 22.6 Å². The van der Waals surface area contributed by atoms with Crippen molar-refractivity contribution in [2.75, 3.05) is 40.8 Å². The van der Waals surface area contributed by atoms with Gasteiger partial charge in [-0.2, -0.15) is 5.10 Å². The van der Waals surface area contributed by atoms with Gasteiger partial charge in [-0.25, -0.2) is 9.50 Å². The molecule has 0 radical (unpaired) electrons. The third kappa shape index (κ3) is 4.36.